The van der Waals surface area contributed by atoms with Crippen LogP contribution in [0.25, 0.3) is 6.08 Å². The maximum atomic E-state index is 12.0. The molecule has 0 aliphatic carbocycles. The fraction of sp³-hybridized carbons (Fsp3) is 0.100. The van der Waals surface area contributed by atoms with E-state index in [2.05, 4.69) is 4.18 Å². The van der Waals surface area contributed by atoms with E-state index in [1.807, 2.05) is 0 Å². The summed E-state index contributed by atoms with van der Waals surface area (Å²) < 4.78 is 61.2. The van der Waals surface area contributed by atoms with Crippen LogP contribution in [0.1, 0.15) is 5.56 Å². The molecule has 1 aromatic carbocycles. The topological polar surface area (TPSA) is 60.4 Å². The molecule has 0 aromatic heterocycles. The molecule has 0 radical (unpaired) electrons. The third kappa shape index (κ3) is 3.59. The predicted octanol–water partition coefficient (Wildman–Crippen LogP) is 2.13. The molecule has 0 unspecified atom stereocenters. The summed E-state index contributed by atoms with van der Waals surface area (Å²) in [5.74, 6) is -0.462. The molecule has 0 atom stereocenters. The standard InChI is InChI=1S/C10H7F3O4S/c11-10(12,13)18(15,16)17-9-5-3-8(4-6-9)2-1-7-14/h1-7H/b2-1+. The minimum atomic E-state index is -5.65. The third-order valence-corrected chi connectivity index (χ3v) is 2.72. The molecule has 0 saturated carbocycles. The van der Waals surface area contributed by atoms with Crippen molar-refractivity contribution < 1.29 is 30.6 Å². The number of aldehydes is 1. The Kier molecular flexibility index (Phi) is 4.12. The number of halogens is 3. The first-order valence-electron chi connectivity index (χ1n) is 4.49. The number of benzene rings is 1. The summed E-state index contributed by atoms with van der Waals surface area (Å²) in [6.45, 7) is 0. The lowest BCUT2D eigenvalue weighted by Crippen LogP contribution is -2.28. The highest BCUT2D eigenvalue weighted by atomic mass is 32.2. The Morgan fingerprint density at radius 1 is 1.11 bits per heavy atom. The van der Waals surface area contributed by atoms with E-state index in [-0.39, 0.29) is 0 Å². The lowest BCUT2D eigenvalue weighted by molar-refractivity contribution is -0.104. The molecule has 0 fully saturated rings. The van der Waals surface area contributed by atoms with Crippen molar-refractivity contribution >= 4 is 22.5 Å². The molecule has 98 valence electrons. The number of alkyl halides is 3. The predicted molar refractivity (Wildman–Crippen MR) is 57.1 cm³/mol. The van der Waals surface area contributed by atoms with Gasteiger partial charge in [-0.1, -0.05) is 18.2 Å². The Bertz CT molecular complexity index is 543. The van der Waals surface area contributed by atoms with Gasteiger partial charge < -0.3 is 4.18 Å². The van der Waals surface area contributed by atoms with Crippen molar-refractivity contribution in [3.63, 3.8) is 0 Å². The van der Waals surface area contributed by atoms with Crippen LogP contribution in [-0.4, -0.2) is 20.2 Å². The molecule has 0 amide bonds. The highest BCUT2D eigenvalue weighted by molar-refractivity contribution is 7.87. The Hall–Kier alpha value is -1.83. The first-order chi connectivity index (χ1) is 8.26. The zero-order valence-corrected chi connectivity index (χ0v) is 9.53. The monoisotopic (exact) mass is 280 g/mol. The summed E-state index contributed by atoms with van der Waals surface area (Å²) in [6.07, 6.45) is 3.11. The van der Waals surface area contributed by atoms with Crippen molar-refractivity contribution in [2.45, 2.75) is 5.51 Å². The molecule has 0 saturated heterocycles. The van der Waals surface area contributed by atoms with Gasteiger partial charge in [-0.15, -0.1) is 0 Å². The SMILES string of the molecule is O=C/C=C/c1ccc(OS(=O)(=O)C(F)(F)F)cc1. The Morgan fingerprint density at radius 3 is 2.11 bits per heavy atom. The van der Waals surface area contributed by atoms with Crippen LogP contribution in [0.2, 0.25) is 0 Å². The molecule has 0 heterocycles. The van der Waals surface area contributed by atoms with Crippen molar-refractivity contribution in [1.29, 1.82) is 0 Å². The van der Waals surface area contributed by atoms with Crippen LogP contribution in [0.5, 0.6) is 5.75 Å². The minimum Gasteiger partial charge on any atom is -0.376 e. The highest BCUT2D eigenvalue weighted by Crippen LogP contribution is 2.26. The number of hydrogen-bond donors (Lipinski definition) is 0. The van der Waals surface area contributed by atoms with Gasteiger partial charge in [0.2, 0.25) is 0 Å². The van der Waals surface area contributed by atoms with E-state index < -0.39 is 21.4 Å². The van der Waals surface area contributed by atoms with Gasteiger partial charge in [0.25, 0.3) is 0 Å². The van der Waals surface area contributed by atoms with Crippen LogP contribution in [-0.2, 0) is 14.9 Å². The van der Waals surface area contributed by atoms with Crippen LogP contribution in [0.15, 0.2) is 30.3 Å². The molecular formula is C10H7F3O4S. The molecule has 0 N–H and O–H groups in total. The van der Waals surface area contributed by atoms with Crippen LogP contribution < -0.4 is 4.18 Å². The zero-order chi connectivity index (χ0) is 13.8. The van der Waals surface area contributed by atoms with Crippen LogP contribution in [0, 0.1) is 0 Å². The molecule has 8 heteroatoms. The third-order valence-electron chi connectivity index (χ3n) is 1.74. The Balaban J connectivity index is 2.88. The minimum absolute atomic E-state index is 0.462. The first kappa shape index (κ1) is 14.2. The van der Waals surface area contributed by atoms with Crippen molar-refractivity contribution in [2.75, 3.05) is 0 Å². The van der Waals surface area contributed by atoms with Gasteiger partial charge in [-0.05, 0) is 23.8 Å². The number of hydrogen-bond acceptors (Lipinski definition) is 4. The molecule has 0 bridgehead atoms. The highest BCUT2D eigenvalue weighted by Gasteiger charge is 2.48. The summed E-state index contributed by atoms with van der Waals surface area (Å²) in [4.78, 5) is 10.0. The average Bonchev–Trinajstić information content (AvgIpc) is 2.26. The van der Waals surface area contributed by atoms with E-state index in [1.54, 1.807) is 0 Å². The van der Waals surface area contributed by atoms with Gasteiger partial charge in [0.05, 0.1) is 0 Å². The first-order valence-corrected chi connectivity index (χ1v) is 5.90. The van der Waals surface area contributed by atoms with Crippen molar-refractivity contribution in [3.8, 4) is 5.75 Å². The largest absolute Gasteiger partial charge is 0.534 e. The van der Waals surface area contributed by atoms with E-state index in [0.717, 1.165) is 12.1 Å². The smallest absolute Gasteiger partial charge is 0.376 e. The summed E-state index contributed by atoms with van der Waals surface area (Å²) in [6, 6.07) is 4.71. The lowest BCUT2D eigenvalue weighted by atomic mass is 10.2. The number of carbonyl (C=O) groups is 1. The van der Waals surface area contributed by atoms with Gasteiger partial charge in [-0.3, -0.25) is 4.79 Å². The average molecular weight is 280 g/mol. The number of allylic oxidation sites excluding steroid dienone is 1. The Morgan fingerprint density at radius 2 is 1.67 bits per heavy atom. The van der Waals surface area contributed by atoms with Crippen molar-refractivity contribution in [2.24, 2.45) is 0 Å². The maximum absolute atomic E-state index is 12.0. The zero-order valence-electron chi connectivity index (χ0n) is 8.72. The van der Waals surface area contributed by atoms with Gasteiger partial charge in [0.1, 0.15) is 12.0 Å². The molecule has 0 spiro atoms. The Labute approximate surface area is 101 Å². The van der Waals surface area contributed by atoms with Crippen LogP contribution >= 0.6 is 0 Å². The van der Waals surface area contributed by atoms with Crippen molar-refractivity contribution in [3.05, 3.63) is 35.9 Å². The second kappa shape index (κ2) is 5.21. The number of carbonyl (C=O) groups excluding carboxylic acids is 1. The summed E-state index contributed by atoms with van der Waals surface area (Å²) >= 11 is 0. The number of rotatable bonds is 4. The molecule has 4 nitrogen and oxygen atoms in total. The normalized spacial score (nSPS) is 12.6. The molecule has 0 aliphatic heterocycles. The van der Waals surface area contributed by atoms with E-state index in [1.165, 1.54) is 24.3 Å². The fourth-order valence-electron chi connectivity index (χ4n) is 0.959. The van der Waals surface area contributed by atoms with Gasteiger partial charge >= 0.3 is 15.6 Å². The second-order valence-corrected chi connectivity index (χ2v) is 4.59. The van der Waals surface area contributed by atoms with Gasteiger partial charge in [0, 0.05) is 0 Å². The lowest BCUT2D eigenvalue weighted by Gasteiger charge is -2.09. The molecule has 1 aromatic rings. The summed E-state index contributed by atoms with van der Waals surface area (Å²) in [7, 11) is -5.65. The van der Waals surface area contributed by atoms with E-state index >= 15 is 0 Å². The summed E-state index contributed by atoms with van der Waals surface area (Å²) in [5, 5.41) is 0. The molecule has 0 aliphatic rings. The van der Waals surface area contributed by atoms with E-state index in [4.69, 9.17) is 0 Å². The van der Waals surface area contributed by atoms with Gasteiger partial charge in [-0.25, -0.2) is 0 Å². The van der Waals surface area contributed by atoms with Crippen LogP contribution in [0.3, 0.4) is 0 Å². The second-order valence-electron chi connectivity index (χ2n) is 3.05. The van der Waals surface area contributed by atoms with E-state index in [0.29, 0.717) is 11.8 Å². The van der Waals surface area contributed by atoms with Crippen LogP contribution in [0.4, 0.5) is 13.2 Å². The fourth-order valence-corrected chi connectivity index (χ4v) is 1.42. The van der Waals surface area contributed by atoms with Gasteiger partial charge in [-0.2, -0.15) is 21.6 Å². The molecule has 18 heavy (non-hydrogen) atoms. The molecular weight excluding hydrogens is 273 g/mol. The van der Waals surface area contributed by atoms with E-state index in [9.17, 15) is 26.4 Å². The quantitative estimate of drug-likeness (QED) is 0.367. The summed E-state index contributed by atoms with van der Waals surface area (Å²) in [5.41, 5.74) is -4.96. The van der Waals surface area contributed by atoms with Gasteiger partial charge in [0.15, 0.2) is 0 Å². The molecule has 1 rings (SSSR count). The van der Waals surface area contributed by atoms with Crippen molar-refractivity contribution in [1.82, 2.24) is 0 Å². The maximum Gasteiger partial charge on any atom is 0.534 e.